The van der Waals surface area contributed by atoms with Crippen LogP contribution in [0.4, 0.5) is 0 Å². The van der Waals surface area contributed by atoms with E-state index in [1.54, 1.807) is 127 Å². The molecule has 13 atom stereocenters. The Balaban J connectivity index is 1.14. The van der Waals surface area contributed by atoms with Gasteiger partial charge in [0.1, 0.15) is 84.3 Å². The lowest BCUT2D eigenvalue weighted by atomic mass is 9.99. The van der Waals surface area contributed by atoms with Gasteiger partial charge in [-0.25, -0.2) is 4.98 Å². The molecule has 0 aliphatic carbocycles. The van der Waals surface area contributed by atoms with Crippen molar-refractivity contribution in [2.24, 2.45) is 29.2 Å². The fourth-order valence-electron chi connectivity index (χ4n) is 14.1. The number of aromatic nitrogens is 4. The Morgan fingerprint density at radius 2 is 0.792 bits per heavy atom. The summed E-state index contributed by atoms with van der Waals surface area (Å²) in [6.07, 6.45) is -0.456. The molecule has 0 saturated carbocycles. The Labute approximate surface area is 746 Å². The predicted octanol–water partition coefficient (Wildman–Crippen LogP) is -1.78. The molecule has 0 bridgehead atoms. The fourth-order valence-corrected chi connectivity index (χ4v) is 14.1. The molecule has 3 aromatic heterocycles. The normalized spacial score (nSPS) is 14.2. The van der Waals surface area contributed by atoms with E-state index in [4.69, 9.17) is 16.9 Å². The summed E-state index contributed by atoms with van der Waals surface area (Å²) in [6, 6.07) is 5.45. The number of phenolic OH excluding ortho intramolecular Hbond substituents is 1. The van der Waals surface area contributed by atoms with Crippen LogP contribution < -0.4 is 85.9 Å². The number of rotatable bonds is 53. The van der Waals surface area contributed by atoms with Crippen LogP contribution in [-0.4, -0.2) is 244 Å². The number of imidazole rings is 1. The van der Waals surface area contributed by atoms with Crippen molar-refractivity contribution in [1.82, 2.24) is 94.4 Å². The number of nitrogens with one attached hydrogen (secondary N) is 18. The maximum Gasteiger partial charge on any atom is 0.305 e. The quantitative estimate of drug-likeness (QED) is 0.0114. The number of H-pyrrole nitrogens is 3. The number of aliphatic hydroxyl groups is 1. The first-order valence-electron chi connectivity index (χ1n) is 42.1. The zero-order chi connectivity index (χ0) is 95.6. The number of primary amides is 1. The molecule has 0 aliphatic heterocycles. The Morgan fingerprint density at radius 1 is 0.408 bits per heavy atom. The standard InChI is InChI=1S/C87H115N21O22/c1-44(2)32-61(78(122)104-67(38-71(116)117)82(126)102-65(83(127)107-72(45(3)4)74(88)118)36-51-40-94-57-21-14-12-19-55(51)57)100-80(124)62(34-49-23-25-53(111)26-24-49)101-77(121)60(28-30-70(114)115)98-76(120)59(27-29-69(112)113)99-81(125)64(35-50-39-93-56-20-13-11-18-54(50)56)103-85(129)68(42-109)106-75(119)58(22-15-31-92-87(89)90)97-79(123)63(33-48-16-9-8-10-17-48)105-86(130)73(46(5)6)108-84(128)66(96-47(7)110)37-52-41-91-43-95-52/h8-14,16-21,23-26,39-41,43-46,58-68,72-73,93-94,109,111H,15,22,27-38,42H2,1-7H3,(H2,88,118)(H,91,95)(H,96,110)(H,97,123)(H,98,120)(H,99,125)(H,100,124)(H,101,121)(H,102,126)(H,103,129)(H,104,122)(H,105,130)(H,106,119)(H,107,127)(H,108,128)(H,112,113)(H,114,115)(H,116,117)(H4,89,90,92)/t58-,59-,60-,61-,62-,63-,64-,65-,66-,67-,68-,72-,73-/m0/s1. The fraction of sp³-hybridized carbons (Fsp3) is 0.437. The zero-order valence-corrected chi connectivity index (χ0v) is 72.7. The molecule has 0 saturated heterocycles. The van der Waals surface area contributed by atoms with Crippen molar-refractivity contribution in [3.8, 4) is 5.75 Å². The number of aromatic amines is 3. The molecule has 7 aromatic rings. The third-order valence-electron chi connectivity index (χ3n) is 20.9. The number of guanidine groups is 1. The van der Waals surface area contributed by atoms with E-state index in [0.717, 1.165) is 0 Å². The summed E-state index contributed by atoms with van der Waals surface area (Å²) >= 11 is 0. The molecule has 43 heteroatoms. The third-order valence-corrected chi connectivity index (χ3v) is 20.9. The summed E-state index contributed by atoms with van der Waals surface area (Å²) in [5.41, 5.74) is 14.5. The van der Waals surface area contributed by atoms with Gasteiger partial charge in [0.25, 0.3) is 0 Å². The number of phenols is 1. The maximum absolute atomic E-state index is 15.1. The van der Waals surface area contributed by atoms with Crippen molar-refractivity contribution in [1.29, 1.82) is 5.41 Å². The molecular formula is C87H115N21O22. The molecule has 3 heterocycles. The van der Waals surface area contributed by atoms with Gasteiger partial charge >= 0.3 is 17.9 Å². The molecule has 0 unspecified atom stereocenters. The SMILES string of the molecule is CC(=O)N[C@@H](Cc1cnc[nH]1)C(=O)N[C@H](C(=O)N[C@@H](Cc1ccccc1)C(=O)N[C@@H](CCCNC(=N)N)C(=O)N[C@@H](CO)C(=O)N[C@@H](Cc1c[nH]c2ccccc12)C(=O)N[C@@H](CCC(=O)O)C(=O)N[C@@H](CCC(=O)O)C(=O)N[C@@H](Cc1ccc(O)cc1)C(=O)N[C@@H](CC(C)C)C(=O)N[C@@H](CC(=O)O)C(=O)N[C@@H](Cc1c[nH]c2ccccc12)C(=O)N[C@H](C(N)=O)C(C)C)C(C)C. The van der Waals surface area contributed by atoms with E-state index in [9.17, 15) is 102 Å². The third kappa shape index (κ3) is 32.6. The first-order valence-corrected chi connectivity index (χ1v) is 42.1. The van der Waals surface area contributed by atoms with E-state index in [1.165, 1.54) is 49.9 Å². The molecular weight excluding hydrogens is 1690 g/mol. The first kappa shape index (κ1) is 102. The Morgan fingerprint density at radius 3 is 1.23 bits per heavy atom. The van der Waals surface area contributed by atoms with Crippen LogP contribution in [0.3, 0.4) is 0 Å². The van der Waals surface area contributed by atoms with E-state index in [2.05, 4.69) is 94.4 Å². The first-order chi connectivity index (χ1) is 61.7. The lowest BCUT2D eigenvalue weighted by molar-refractivity contribution is -0.142. The number of carbonyl (C=O) groups is 17. The van der Waals surface area contributed by atoms with Gasteiger partial charge in [-0.2, -0.15) is 0 Å². The zero-order valence-electron chi connectivity index (χ0n) is 72.7. The van der Waals surface area contributed by atoms with Gasteiger partial charge in [0.2, 0.25) is 82.7 Å². The number of aliphatic carboxylic acids is 3. The molecule has 14 amide bonds. The van der Waals surface area contributed by atoms with Crippen molar-refractivity contribution in [3.63, 3.8) is 0 Å². The average Bonchev–Trinajstić information content (AvgIpc) is 1.59. The molecule has 7 rings (SSSR count). The molecule has 4 aromatic carbocycles. The topological polar surface area (TPSA) is 696 Å². The molecule has 0 aliphatic rings. The van der Waals surface area contributed by atoms with Crippen molar-refractivity contribution < 1.29 is 107 Å². The lowest BCUT2D eigenvalue weighted by Crippen LogP contribution is -2.62. The number of benzene rings is 4. The lowest BCUT2D eigenvalue weighted by Gasteiger charge is -2.29. The number of aliphatic hydroxyl groups excluding tert-OH is 1. The van der Waals surface area contributed by atoms with Gasteiger partial charge in [0.15, 0.2) is 5.96 Å². The summed E-state index contributed by atoms with van der Waals surface area (Å²) in [4.78, 5) is 251. The minimum absolute atomic E-state index is 0.00977. The summed E-state index contributed by atoms with van der Waals surface area (Å²) in [6.45, 7) is 9.69. The number of carboxylic acid groups (broad SMARTS) is 3. The Hall–Kier alpha value is -14.8. The number of nitrogens with two attached hydrogens (primary N) is 2. The van der Waals surface area contributed by atoms with E-state index < -0.39 is 254 Å². The summed E-state index contributed by atoms with van der Waals surface area (Å²) < 4.78 is 0. The van der Waals surface area contributed by atoms with Crippen LogP contribution >= 0.6 is 0 Å². The highest BCUT2D eigenvalue weighted by atomic mass is 16.4. The van der Waals surface area contributed by atoms with Gasteiger partial charge in [0.05, 0.1) is 19.4 Å². The molecule has 130 heavy (non-hydrogen) atoms. The Bertz CT molecular complexity index is 5140. The molecule has 0 fully saturated rings. The number of fused-ring (bicyclic) bond motifs is 2. The number of aromatic hydroxyl groups is 1. The number of carbonyl (C=O) groups excluding carboxylic acids is 14. The monoisotopic (exact) mass is 1810 g/mol. The summed E-state index contributed by atoms with van der Waals surface area (Å²) in [5.74, 6) is -21.6. The molecule has 0 spiro atoms. The second-order valence-electron chi connectivity index (χ2n) is 32.5. The number of hydrogen-bond donors (Lipinski definition) is 25. The van der Waals surface area contributed by atoms with E-state index in [-0.39, 0.29) is 56.4 Å². The Kier molecular flexibility index (Phi) is 39.3. The minimum atomic E-state index is -1.99. The minimum Gasteiger partial charge on any atom is -0.508 e. The molecule has 0 radical (unpaired) electrons. The number of nitrogens with zero attached hydrogens (tertiary/aromatic N) is 1. The van der Waals surface area contributed by atoms with Gasteiger partial charge in [-0.1, -0.05) is 120 Å². The van der Waals surface area contributed by atoms with E-state index in [1.807, 2.05) is 0 Å². The van der Waals surface area contributed by atoms with Gasteiger partial charge in [-0.3, -0.25) is 86.9 Å². The van der Waals surface area contributed by atoms with Crippen LogP contribution in [0.1, 0.15) is 128 Å². The van der Waals surface area contributed by atoms with Crippen molar-refractivity contribution in [2.45, 2.75) is 210 Å². The van der Waals surface area contributed by atoms with Gasteiger partial charge in [-0.05, 0) is 96.4 Å². The highest BCUT2D eigenvalue weighted by Gasteiger charge is 2.40. The van der Waals surface area contributed by atoms with Gasteiger partial charge < -0.3 is 126 Å². The van der Waals surface area contributed by atoms with Crippen molar-refractivity contribution in [3.05, 3.63) is 156 Å². The smallest absolute Gasteiger partial charge is 0.305 e. The van der Waals surface area contributed by atoms with Crippen molar-refractivity contribution in [2.75, 3.05) is 13.2 Å². The van der Waals surface area contributed by atoms with Crippen molar-refractivity contribution >= 4 is 128 Å². The largest absolute Gasteiger partial charge is 0.508 e. The van der Waals surface area contributed by atoms with Crippen LogP contribution in [0.5, 0.6) is 5.75 Å². The number of carboxylic acids is 3. The number of amides is 14. The average molecular weight is 1810 g/mol. The van der Waals surface area contributed by atoms with Crippen LogP contribution in [0.25, 0.3) is 21.8 Å². The second kappa shape index (κ2) is 49.9. The number of hydrogen-bond acceptors (Lipinski definition) is 21. The second-order valence-corrected chi connectivity index (χ2v) is 32.5. The van der Waals surface area contributed by atoms with Gasteiger partial charge in [-0.15, -0.1) is 0 Å². The van der Waals surface area contributed by atoms with E-state index >= 15 is 4.79 Å². The van der Waals surface area contributed by atoms with Crippen LogP contribution in [0.15, 0.2) is 128 Å². The van der Waals surface area contributed by atoms with Gasteiger partial charge in [0, 0.05) is 105 Å². The summed E-state index contributed by atoms with van der Waals surface area (Å²) in [5, 5.41) is 95.6. The van der Waals surface area contributed by atoms with Crippen LogP contribution in [0.2, 0.25) is 0 Å². The molecule has 27 N–H and O–H groups in total. The van der Waals surface area contributed by atoms with Crippen LogP contribution in [-0.2, 0) is 114 Å². The predicted molar refractivity (Wildman–Crippen MR) is 470 cm³/mol. The highest BCUT2D eigenvalue weighted by Crippen LogP contribution is 2.23. The summed E-state index contributed by atoms with van der Waals surface area (Å²) in [7, 11) is 0. The van der Waals surface area contributed by atoms with E-state index in [0.29, 0.717) is 44.2 Å². The van der Waals surface area contributed by atoms with Crippen LogP contribution in [0, 0.1) is 23.2 Å². The molecule has 700 valence electrons. The number of para-hydroxylation sites is 2. The maximum atomic E-state index is 15.1. The molecule has 43 nitrogen and oxygen atoms in total. The highest BCUT2D eigenvalue weighted by molar-refractivity contribution is 6.02.